The van der Waals surface area contributed by atoms with Gasteiger partial charge in [0, 0.05) is 12.3 Å². The summed E-state index contributed by atoms with van der Waals surface area (Å²) in [6.45, 7) is 0.695. The number of nitrogens with two attached hydrogens (primary N) is 2. The average molecular weight is 198 g/mol. The van der Waals surface area contributed by atoms with Crippen molar-refractivity contribution in [3.63, 3.8) is 0 Å². The van der Waals surface area contributed by atoms with Crippen LogP contribution in [0.3, 0.4) is 0 Å². The largest absolute Gasteiger partial charge is 0.338 e. The predicted molar refractivity (Wildman–Crippen MR) is 55.4 cm³/mol. The summed E-state index contributed by atoms with van der Waals surface area (Å²) in [5.41, 5.74) is 10.5. The number of hydrogen-bond donors (Lipinski definition) is 3. The number of hydrogen-bond acceptors (Lipinski definition) is 1. The second-order valence-corrected chi connectivity index (χ2v) is 3.93. The summed E-state index contributed by atoms with van der Waals surface area (Å²) in [5, 5.41) is 0. The Bertz CT molecular complexity index is 215. The van der Waals surface area contributed by atoms with E-state index in [1.807, 2.05) is 0 Å². The number of carbonyl (C=O) groups is 1. The zero-order valence-electron chi connectivity index (χ0n) is 8.59. The van der Waals surface area contributed by atoms with Crippen LogP contribution in [0.25, 0.3) is 0 Å². The SMILES string of the molecule is NC(N)=[NH+]CCCC(=O)C1CCCC1. The van der Waals surface area contributed by atoms with E-state index in [1.165, 1.54) is 12.8 Å². The molecular weight excluding hydrogens is 178 g/mol. The number of Topliss-reactive ketones (excluding diaryl/α,β-unsaturated/α-hetero) is 1. The maximum atomic E-state index is 11.6. The van der Waals surface area contributed by atoms with Crippen molar-refractivity contribution in [3.8, 4) is 0 Å². The second kappa shape index (κ2) is 5.62. The van der Waals surface area contributed by atoms with Crippen LogP contribution in [-0.4, -0.2) is 18.3 Å². The van der Waals surface area contributed by atoms with E-state index in [2.05, 4.69) is 4.99 Å². The molecule has 4 heteroatoms. The summed E-state index contributed by atoms with van der Waals surface area (Å²) < 4.78 is 0. The van der Waals surface area contributed by atoms with Gasteiger partial charge >= 0.3 is 5.96 Å². The fourth-order valence-corrected chi connectivity index (χ4v) is 1.95. The Hall–Kier alpha value is -1.06. The van der Waals surface area contributed by atoms with Gasteiger partial charge in [0.2, 0.25) is 0 Å². The predicted octanol–water partition coefficient (Wildman–Crippen LogP) is -1.12. The minimum Gasteiger partial charge on any atom is -0.299 e. The molecule has 0 spiro atoms. The van der Waals surface area contributed by atoms with Crippen molar-refractivity contribution in [2.24, 2.45) is 17.4 Å². The fourth-order valence-electron chi connectivity index (χ4n) is 1.95. The molecule has 1 rings (SSSR count). The summed E-state index contributed by atoms with van der Waals surface area (Å²) in [7, 11) is 0. The molecule has 1 aliphatic carbocycles. The lowest BCUT2D eigenvalue weighted by molar-refractivity contribution is -0.459. The molecule has 14 heavy (non-hydrogen) atoms. The van der Waals surface area contributed by atoms with E-state index in [0.29, 0.717) is 24.7 Å². The quantitative estimate of drug-likeness (QED) is 0.297. The van der Waals surface area contributed by atoms with Crippen molar-refractivity contribution in [2.75, 3.05) is 6.54 Å². The number of rotatable bonds is 5. The van der Waals surface area contributed by atoms with Crippen LogP contribution < -0.4 is 16.5 Å². The van der Waals surface area contributed by atoms with Gasteiger partial charge in [0.15, 0.2) is 0 Å². The van der Waals surface area contributed by atoms with E-state index < -0.39 is 0 Å². The lowest BCUT2D eigenvalue weighted by Crippen LogP contribution is -2.78. The molecule has 5 N–H and O–H groups in total. The summed E-state index contributed by atoms with van der Waals surface area (Å²) in [4.78, 5) is 14.4. The number of ketones is 1. The number of nitrogens with one attached hydrogen (secondary N) is 1. The van der Waals surface area contributed by atoms with Crippen molar-refractivity contribution in [1.82, 2.24) is 0 Å². The Morgan fingerprint density at radius 3 is 2.50 bits per heavy atom. The fraction of sp³-hybridized carbons (Fsp3) is 0.800. The van der Waals surface area contributed by atoms with Crippen LogP contribution in [0.1, 0.15) is 38.5 Å². The Kier molecular flexibility index (Phi) is 4.43. The van der Waals surface area contributed by atoms with Crippen LogP contribution >= 0.6 is 0 Å². The lowest BCUT2D eigenvalue weighted by atomic mass is 9.99. The minimum atomic E-state index is 0.235. The van der Waals surface area contributed by atoms with Gasteiger partial charge in [-0.3, -0.25) is 21.3 Å². The normalized spacial score (nSPS) is 16.9. The van der Waals surface area contributed by atoms with E-state index in [0.717, 1.165) is 19.3 Å². The zero-order chi connectivity index (χ0) is 10.4. The van der Waals surface area contributed by atoms with E-state index >= 15 is 0 Å². The Morgan fingerprint density at radius 2 is 1.93 bits per heavy atom. The van der Waals surface area contributed by atoms with Gasteiger partial charge in [-0.15, -0.1) is 0 Å². The number of carbonyl (C=O) groups excluding carboxylic acids is 1. The van der Waals surface area contributed by atoms with E-state index in [9.17, 15) is 4.79 Å². The highest BCUT2D eigenvalue weighted by Crippen LogP contribution is 2.26. The molecule has 0 aliphatic heterocycles. The maximum absolute atomic E-state index is 11.6. The van der Waals surface area contributed by atoms with Gasteiger partial charge in [-0.25, -0.2) is 0 Å². The molecule has 0 radical (unpaired) electrons. The molecule has 0 atom stereocenters. The summed E-state index contributed by atoms with van der Waals surface area (Å²) >= 11 is 0. The first-order chi connectivity index (χ1) is 6.70. The Labute approximate surface area is 84.8 Å². The molecule has 0 amide bonds. The van der Waals surface area contributed by atoms with Gasteiger partial charge < -0.3 is 0 Å². The standard InChI is InChI=1S/C10H19N3O/c11-10(12)13-7-3-6-9(14)8-4-1-2-5-8/h8H,1-7H2,(H4,11,12,13)/p+1. The zero-order valence-corrected chi connectivity index (χ0v) is 8.59. The first kappa shape index (κ1) is 11.0. The molecule has 1 aliphatic rings. The highest BCUT2D eigenvalue weighted by molar-refractivity contribution is 5.81. The highest BCUT2D eigenvalue weighted by Gasteiger charge is 2.21. The maximum Gasteiger partial charge on any atom is 0.338 e. The topological polar surface area (TPSA) is 83.1 Å². The Balaban J connectivity index is 2.11. The van der Waals surface area contributed by atoms with Gasteiger partial charge in [-0.05, 0) is 19.3 Å². The first-order valence-corrected chi connectivity index (χ1v) is 5.34. The molecule has 80 valence electrons. The van der Waals surface area contributed by atoms with Gasteiger partial charge in [-0.1, -0.05) is 12.8 Å². The molecule has 0 unspecified atom stereocenters. The van der Waals surface area contributed by atoms with Crippen molar-refractivity contribution in [1.29, 1.82) is 0 Å². The molecule has 1 saturated carbocycles. The summed E-state index contributed by atoms with van der Waals surface area (Å²) in [5.74, 6) is 0.993. The van der Waals surface area contributed by atoms with Crippen molar-refractivity contribution in [3.05, 3.63) is 0 Å². The smallest absolute Gasteiger partial charge is 0.299 e. The van der Waals surface area contributed by atoms with E-state index in [-0.39, 0.29) is 5.96 Å². The third-order valence-corrected chi connectivity index (χ3v) is 2.74. The van der Waals surface area contributed by atoms with Crippen LogP contribution in [-0.2, 0) is 4.79 Å². The third-order valence-electron chi connectivity index (χ3n) is 2.74. The van der Waals surface area contributed by atoms with Gasteiger partial charge in [-0.2, -0.15) is 0 Å². The highest BCUT2D eigenvalue weighted by atomic mass is 16.1. The molecular formula is C10H20N3O+. The second-order valence-electron chi connectivity index (χ2n) is 3.93. The molecule has 0 aromatic heterocycles. The molecule has 4 nitrogen and oxygen atoms in total. The third kappa shape index (κ3) is 3.77. The molecule has 0 aromatic carbocycles. The van der Waals surface area contributed by atoms with Crippen molar-refractivity contribution in [2.45, 2.75) is 38.5 Å². The van der Waals surface area contributed by atoms with Gasteiger partial charge in [0.1, 0.15) is 5.78 Å². The molecule has 0 bridgehead atoms. The van der Waals surface area contributed by atoms with E-state index in [4.69, 9.17) is 11.5 Å². The van der Waals surface area contributed by atoms with Crippen LogP contribution in [0.15, 0.2) is 0 Å². The molecule has 1 fully saturated rings. The molecule has 0 aromatic rings. The number of guanidine groups is 1. The monoisotopic (exact) mass is 198 g/mol. The summed E-state index contributed by atoms with van der Waals surface area (Å²) in [6, 6.07) is 0. The van der Waals surface area contributed by atoms with Crippen LogP contribution in [0.4, 0.5) is 0 Å². The van der Waals surface area contributed by atoms with Crippen LogP contribution in [0, 0.1) is 5.92 Å². The van der Waals surface area contributed by atoms with Crippen LogP contribution in [0.2, 0.25) is 0 Å². The van der Waals surface area contributed by atoms with Crippen LogP contribution in [0.5, 0.6) is 0 Å². The van der Waals surface area contributed by atoms with E-state index in [1.54, 1.807) is 0 Å². The summed E-state index contributed by atoms with van der Waals surface area (Å²) in [6.07, 6.45) is 6.11. The van der Waals surface area contributed by atoms with Crippen molar-refractivity contribution >= 4 is 11.7 Å². The molecule has 0 saturated heterocycles. The molecule has 0 heterocycles. The Morgan fingerprint density at radius 1 is 1.29 bits per heavy atom. The lowest BCUT2D eigenvalue weighted by Gasteiger charge is -2.05. The van der Waals surface area contributed by atoms with Gasteiger partial charge in [0.05, 0.1) is 6.54 Å². The minimum absolute atomic E-state index is 0.235. The average Bonchev–Trinajstić information content (AvgIpc) is 2.64. The van der Waals surface area contributed by atoms with Crippen molar-refractivity contribution < 1.29 is 9.79 Å². The first-order valence-electron chi connectivity index (χ1n) is 5.34. The van der Waals surface area contributed by atoms with Gasteiger partial charge in [0.25, 0.3) is 0 Å².